The SMILES string of the molecule is Cc1cccc(C)c1-c1cccc(COc2ccc3c(c2)[I-][C@H]2[C@H](C(=O)O)[C@@H]32)c1C. The molecule has 3 aromatic carbocycles. The molecule has 3 nitrogen and oxygen atoms in total. The molecule has 0 saturated heterocycles. The zero-order valence-electron chi connectivity index (χ0n) is 17.3. The van der Waals surface area contributed by atoms with Crippen LogP contribution in [-0.2, 0) is 11.4 Å². The van der Waals surface area contributed by atoms with Crippen LogP contribution in [0.3, 0.4) is 0 Å². The quantitative estimate of drug-likeness (QED) is 0.423. The Bertz CT molecular complexity index is 1150. The zero-order valence-corrected chi connectivity index (χ0v) is 19.4. The number of carbonyl (C=O) groups is 1. The Hall–Kier alpha value is -2.34. The summed E-state index contributed by atoms with van der Waals surface area (Å²) in [6.45, 7) is 7.04. The molecule has 0 spiro atoms. The van der Waals surface area contributed by atoms with Crippen LogP contribution in [0, 0.1) is 30.3 Å². The third kappa shape index (κ3) is 3.22. The van der Waals surface area contributed by atoms with Gasteiger partial charge in [0.15, 0.2) is 0 Å². The fraction of sp³-hybridized carbons (Fsp3) is 0.269. The van der Waals surface area contributed by atoms with Gasteiger partial charge in [0.2, 0.25) is 0 Å². The Morgan fingerprint density at radius 3 is 2.50 bits per heavy atom. The second-order valence-electron chi connectivity index (χ2n) is 8.27. The van der Waals surface area contributed by atoms with Crippen molar-refractivity contribution in [3.8, 4) is 16.9 Å². The molecule has 1 heterocycles. The molecular formula is C26H24IO3-. The van der Waals surface area contributed by atoms with Crippen LogP contribution in [0.1, 0.15) is 33.7 Å². The molecule has 2 aliphatic rings. The number of carboxylic acid groups (broad SMARTS) is 1. The molecule has 0 bridgehead atoms. The van der Waals surface area contributed by atoms with Gasteiger partial charge in [-0.3, -0.25) is 0 Å². The molecular weight excluding hydrogens is 487 g/mol. The van der Waals surface area contributed by atoms with Gasteiger partial charge in [-0.2, -0.15) is 0 Å². The van der Waals surface area contributed by atoms with Crippen molar-refractivity contribution < 1.29 is 35.8 Å². The van der Waals surface area contributed by atoms with Gasteiger partial charge in [0.1, 0.15) is 0 Å². The first-order valence-corrected chi connectivity index (χ1v) is 12.6. The van der Waals surface area contributed by atoms with Gasteiger partial charge in [0.25, 0.3) is 0 Å². The molecule has 1 aliphatic heterocycles. The third-order valence-electron chi connectivity index (χ3n) is 6.38. The predicted molar refractivity (Wildman–Crippen MR) is 113 cm³/mol. The van der Waals surface area contributed by atoms with Crippen LogP contribution in [0.5, 0.6) is 5.75 Å². The van der Waals surface area contributed by atoms with E-state index in [9.17, 15) is 9.90 Å². The maximum atomic E-state index is 11.3. The number of ether oxygens (including phenoxy) is 1. The van der Waals surface area contributed by atoms with Gasteiger partial charge in [-0.05, 0) is 0 Å². The van der Waals surface area contributed by atoms with Crippen molar-refractivity contribution in [3.63, 3.8) is 0 Å². The number of fused-ring (bicyclic) bond motifs is 3. The average molecular weight is 511 g/mol. The summed E-state index contributed by atoms with van der Waals surface area (Å²) >= 11 is -0.234. The monoisotopic (exact) mass is 511 g/mol. The number of hydrogen-bond donors (Lipinski definition) is 1. The molecule has 30 heavy (non-hydrogen) atoms. The van der Waals surface area contributed by atoms with Crippen LogP contribution in [0.25, 0.3) is 11.1 Å². The first kappa shape index (κ1) is 19.6. The Morgan fingerprint density at radius 2 is 1.77 bits per heavy atom. The first-order chi connectivity index (χ1) is 14.5. The minimum atomic E-state index is -0.630. The van der Waals surface area contributed by atoms with Crippen molar-refractivity contribution >= 4 is 5.97 Å². The number of aliphatic carboxylic acids is 1. The molecule has 1 aliphatic carbocycles. The number of alkyl halides is 1. The summed E-state index contributed by atoms with van der Waals surface area (Å²) in [5.41, 5.74) is 8.86. The van der Waals surface area contributed by atoms with Gasteiger partial charge in [0, 0.05) is 0 Å². The van der Waals surface area contributed by atoms with Crippen molar-refractivity contribution in [1.82, 2.24) is 0 Å². The van der Waals surface area contributed by atoms with Crippen LogP contribution in [-0.4, -0.2) is 15.0 Å². The van der Waals surface area contributed by atoms with E-state index in [0.29, 0.717) is 10.5 Å². The molecule has 0 aromatic heterocycles. The standard InChI is InChI=1S/C26H24IO3/c1-14-6-4-7-15(2)22(14)19-9-5-8-17(16(19)3)13-30-18-10-11-20-21(12-18)27-25-23(20)24(25)26(28)29/h4-12,23-25H,13H2,1-3H3,(H,28,29)/q-1/t23-,24-,25-/m1/s1. The van der Waals surface area contributed by atoms with Crippen LogP contribution in [0.2, 0.25) is 0 Å². The molecule has 0 unspecified atom stereocenters. The van der Waals surface area contributed by atoms with Crippen LogP contribution < -0.4 is 25.9 Å². The van der Waals surface area contributed by atoms with E-state index in [4.69, 9.17) is 4.74 Å². The number of halogens is 1. The van der Waals surface area contributed by atoms with E-state index in [1.807, 2.05) is 6.07 Å². The van der Waals surface area contributed by atoms with Crippen molar-refractivity contribution in [3.05, 3.63) is 86.0 Å². The Morgan fingerprint density at radius 1 is 1.03 bits per heavy atom. The third-order valence-corrected chi connectivity index (χ3v) is 10.3. The number of aryl methyl sites for hydroxylation is 2. The van der Waals surface area contributed by atoms with Crippen molar-refractivity contribution in [2.24, 2.45) is 5.92 Å². The van der Waals surface area contributed by atoms with Gasteiger partial charge >= 0.3 is 188 Å². The molecule has 1 N–H and O–H groups in total. The normalized spacial score (nSPS) is 21.4. The molecule has 3 atom stereocenters. The van der Waals surface area contributed by atoms with Crippen molar-refractivity contribution in [1.29, 1.82) is 0 Å². The predicted octanol–water partition coefficient (Wildman–Crippen LogP) is 2.30. The summed E-state index contributed by atoms with van der Waals surface area (Å²) in [4.78, 5) is 11.3. The molecule has 1 fully saturated rings. The molecule has 1 saturated carbocycles. The molecule has 5 rings (SSSR count). The summed E-state index contributed by atoms with van der Waals surface area (Å²) in [7, 11) is 0. The Kier molecular flexibility index (Phi) is 4.85. The average Bonchev–Trinajstić information content (AvgIpc) is 3.31. The van der Waals surface area contributed by atoms with E-state index in [0.717, 1.165) is 5.75 Å². The second-order valence-corrected chi connectivity index (χ2v) is 11.5. The summed E-state index contributed by atoms with van der Waals surface area (Å²) in [6.07, 6.45) is 0. The Labute approximate surface area is 187 Å². The number of benzene rings is 3. The summed E-state index contributed by atoms with van der Waals surface area (Å²) in [6, 6.07) is 19.1. The van der Waals surface area contributed by atoms with E-state index in [1.54, 1.807) is 0 Å². The maximum absolute atomic E-state index is 11.3. The van der Waals surface area contributed by atoms with E-state index >= 15 is 0 Å². The zero-order chi connectivity index (χ0) is 21.0. The Balaban J connectivity index is 1.35. The van der Waals surface area contributed by atoms with Crippen LogP contribution in [0.4, 0.5) is 0 Å². The second kappa shape index (κ2) is 7.41. The number of rotatable bonds is 5. The summed E-state index contributed by atoms with van der Waals surface area (Å²) in [5, 5.41) is 9.31. The molecule has 4 heteroatoms. The molecule has 0 radical (unpaired) electrons. The minimum absolute atomic E-state index is 0.132. The first-order valence-electron chi connectivity index (χ1n) is 10.2. The van der Waals surface area contributed by atoms with E-state index in [2.05, 4.69) is 69.3 Å². The number of hydrogen-bond acceptors (Lipinski definition) is 2. The summed E-state index contributed by atoms with van der Waals surface area (Å²) in [5.74, 6) is 0.386. The van der Waals surface area contributed by atoms with Crippen LogP contribution in [0.15, 0.2) is 54.6 Å². The van der Waals surface area contributed by atoms with Crippen molar-refractivity contribution in [2.75, 3.05) is 0 Å². The van der Waals surface area contributed by atoms with E-state index in [1.165, 1.54) is 42.5 Å². The van der Waals surface area contributed by atoms with Gasteiger partial charge in [-0.25, -0.2) is 0 Å². The molecule has 3 aromatic rings. The van der Waals surface area contributed by atoms with E-state index < -0.39 is 5.97 Å². The van der Waals surface area contributed by atoms with Gasteiger partial charge in [-0.1, -0.05) is 0 Å². The van der Waals surface area contributed by atoms with Gasteiger partial charge < -0.3 is 0 Å². The van der Waals surface area contributed by atoms with E-state index in [-0.39, 0.29) is 33.0 Å². The number of carboxylic acids is 1. The topological polar surface area (TPSA) is 46.5 Å². The van der Waals surface area contributed by atoms with Crippen LogP contribution >= 0.6 is 0 Å². The summed E-state index contributed by atoms with van der Waals surface area (Å²) < 4.78 is 7.93. The fourth-order valence-electron chi connectivity index (χ4n) is 4.67. The molecule has 0 amide bonds. The van der Waals surface area contributed by atoms with Gasteiger partial charge in [-0.15, -0.1) is 0 Å². The van der Waals surface area contributed by atoms with Crippen molar-refractivity contribution in [2.45, 2.75) is 37.2 Å². The molecule has 154 valence electrons. The fourth-order valence-corrected chi connectivity index (χ4v) is 8.96. The van der Waals surface area contributed by atoms with Gasteiger partial charge in [0.05, 0.1) is 0 Å².